The molecule has 0 saturated heterocycles. The number of hydrogen-bond acceptors (Lipinski definition) is 7. The summed E-state index contributed by atoms with van der Waals surface area (Å²) in [5, 5.41) is 21.2. The average Bonchev–Trinajstić information content (AvgIpc) is 3.31. The molecule has 10 heteroatoms. The number of nitrogens with one attached hydrogen (secondary N) is 2. The minimum atomic E-state index is -0.267. The standard InChI is InChI=1S/C19H18FN7OS/c1-12-11-29-19(22-12)23-18(28)9-8-17-25-24-16-7-6-15(26-27(16)17)21-10-13-2-4-14(20)5-3-13/h2-7,11H,8-10H2,1H3,(H,21,26)(H,22,23,28). The molecular formula is C19H18FN7OS. The third-order valence-electron chi connectivity index (χ3n) is 4.16. The van der Waals surface area contributed by atoms with E-state index in [9.17, 15) is 9.18 Å². The number of fused-ring (bicyclic) bond motifs is 1. The lowest BCUT2D eigenvalue weighted by Crippen LogP contribution is -2.13. The zero-order valence-electron chi connectivity index (χ0n) is 15.6. The van der Waals surface area contributed by atoms with E-state index in [0.717, 1.165) is 11.3 Å². The van der Waals surface area contributed by atoms with E-state index in [1.165, 1.54) is 23.5 Å². The van der Waals surface area contributed by atoms with Crippen molar-refractivity contribution in [1.82, 2.24) is 24.8 Å². The highest BCUT2D eigenvalue weighted by Crippen LogP contribution is 2.15. The number of carbonyl (C=O) groups is 1. The number of aromatic nitrogens is 5. The first kappa shape index (κ1) is 18.9. The number of anilines is 2. The number of carbonyl (C=O) groups excluding carboxylic acids is 1. The molecule has 0 radical (unpaired) electrons. The molecule has 0 aliphatic carbocycles. The van der Waals surface area contributed by atoms with Gasteiger partial charge in [-0.15, -0.1) is 26.6 Å². The Bertz CT molecular complexity index is 1140. The van der Waals surface area contributed by atoms with Gasteiger partial charge in [0.25, 0.3) is 0 Å². The van der Waals surface area contributed by atoms with Crippen LogP contribution in [0.5, 0.6) is 0 Å². The summed E-state index contributed by atoms with van der Waals surface area (Å²) >= 11 is 1.39. The highest BCUT2D eigenvalue weighted by Gasteiger charge is 2.11. The molecule has 0 saturated carbocycles. The molecule has 29 heavy (non-hydrogen) atoms. The lowest BCUT2D eigenvalue weighted by molar-refractivity contribution is -0.116. The monoisotopic (exact) mass is 411 g/mol. The predicted octanol–water partition coefficient (Wildman–Crippen LogP) is 3.21. The Morgan fingerprint density at radius 1 is 1.17 bits per heavy atom. The second-order valence-corrected chi connectivity index (χ2v) is 7.29. The molecule has 1 aromatic carbocycles. The molecule has 4 aromatic rings. The number of hydrogen-bond donors (Lipinski definition) is 2. The minimum Gasteiger partial charge on any atom is -0.365 e. The number of thiazole rings is 1. The minimum absolute atomic E-state index is 0.137. The largest absolute Gasteiger partial charge is 0.365 e. The summed E-state index contributed by atoms with van der Waals surface area (Å²) in [7, 11) is 0. The number of nitrogens with zero attached hydrogens (tertiary/aromatic N) is 5. The van der Waals surface area contributed by atoms with Gasteiger partial charge in [0.05, 0.1) is 5.69 Å². The van der Waals surface area contributed by atoms with Gasteiger partial charge in [-0.2, -0.15) is 4.52 Å². The van der Waals surface area contributed by atoms with Crippen LogP contribution in [0.1, 0.15) is 23.5 Å². The van der Waals surface area contributed by atoms with Gasteiger partial charge in [-0.3, -0.25) is 4.79 Å². The topological polar surface area (TPSA) is 97.1 Å². The van der Waals surface area contributed by atoms with Crippen LogP contribution in [0.25, 0.3) is 5.65 Å². The Balaban J connectivity index is 1.39. The van der Waals surface area contributed by atoms with E-state index < -0.39 is 0 Å². The van der Waals surface area contributed by atoms with Crippen LogP contribution in [-0.4, -0.2) is 30.7 Å². The van der Waals surface area contributed by atoms with E-state index in [2.05, 4.69) is 30.9 Å². The van der Waals surface area contributed by atoms with E-state index >= 15 is 0 Å². The van der Waals surface area contributed by atoms with Gasteiger partial charge in [0.15, 0.2) is 16.6 Å². The Kier molecular flexibility index (Phi) is 5.43. The van der Waals surface area contributed by atoms with Gasteiger partial charge < -0.3 is 10.6 Å². The molecule has 3 aromatic heterocycles. The fraction of sp³-hybridized carbons (Fsp3) is 0.211. The van der Waals surface area contributed by atoms with Crippen molar-refractivity contribution < 1.29 is 9.18 Å². The number of halogens is 1. The summed E-state index contributed by atoms with van der Waals surface area (Å²) in [5.74, 6) is 0.819. The Hall–Kier alpha value is -3.40. The summed E-state index contributed by atoms with van der Waals surface area (Å²) in [6.07, 6.45) is 0.639. The second kappa shape index (κ2) is 8.31. The maximum absolute atomic E-state index is 13.0. The van der Waals surface area contributed by atoms with Gasteiger partial charge in [-0.05, 0) is 36.8 Å². The first-order chi connectivity index (χ1) is 14.1. The molecule has 0 aliphatic rings. The number of benzene rings is 1. The molecule has 0 atom stereocenters. The fourth-order valence-electron chi connectivity index (χ4n) is 2.70. The maximum atomic E-state index is 13.0. The fourth-order valence-corrected chi connectivity index (χ4v) is 3.40. The average molecular weight is 411 g/mol. The highest BCUT2D eigenvalue weighted by atomic mass is 32.1. The van der Waals surface area contributed by atoms with Crippen LogP contribution < -0.4 is 10.6 Å². The SMILES string of the molecule is Cc1csc(NC(=O)CCc2nnc3ccc(NCc4ccc(F)cc4)nn23)n1. The first-order valence-electron chi connectivity index (χ1n) is 8.98. The van der Waals surface area contributed by atoms with E-state index in [-0.39, 0.29) is 18.1 Å². The van der Waals surface area contributed by atoms with Crippen LogP contribution in [0, 0.1) is 12.7 Å². The molecule has 4 rings (SSSR count). The van der Waals surface area contributed by atoms with Crippen LogP contribution >= 0.6 is 11.3 Å². The van der Waals surface area contributed by atoms with Crippen LogP contribution in [-0.2, 0) is 17.8 Å². The van der Waals surface area contributed by atoms with Crippen LogP contribution in [0.3, 0.4) is 0 Å². The summed E-state index contributed by atoms with van der Waals surface area (Å²) in [6, 6.07) is 9.87. The van der Waals surface area contributed by atoms with E-state index in [1.54, 1.807) is 28.8 Å². The summed E-state index contributed by atoms with van der Waals surface area (Å²) < 4.78 is 14.6. The second-order valence-electron chi connectivity index (χ2n) is 6.43. The number of rotatable bonds is 7. The highest BCUT2D eigenvalue weighted by molar-refractivity contribution is 7.13. The Morgan fingerprint density at radius 2 is 2.00 bits per heavy atom. The van der Waals surface area contributed by atoms with Crippen molar-refractivity contribution in [3.05, 3.63) is 64.7 Å². The van der Waals surface area contributed by atoms with Gasteiger partial charge in [-0.1, -0.05) is 12.1 Å². The molecular weight excluding hydrogens is 393 g/mol. The van der Waals surface area contributed by atoms with Crippen molar-refractivity contribution in [1.29, 1.82) is 0 Å². The van der Waals surface area contributed by atoms with Crippen LogP contribution in [0.2, 0.25) is 0 Å². The quantitative estimate of drug-likeness (QED) is 0.485. The van der Waals surface area contributed by atoms with E-state index in [4.69, 9.17) is 0 Å². The Morgan fingerprint density at radius 3 is 2.76 bits per heavy atom. The van der Waals surface area contributed by atoms with Gasteiger partial charge in [0, 0.05) is 24.8 Å². The molecule has 0 unspecified atom stereocenters. The lowest BCUT2D eigenvalue weighted by Gasteiger charge is -2.07. The normalized spacial score (nSPS) is 11.0. The van der Waals surface area contributed by atoms with Crippen LogP contribution in [0.15, 0.2) is 41.8 Å². The molecule has 2 N–H and O–H groups in total. The predicted molar refractivity (Wildman–Crippen MR) is 108 cm³/mol. The van der Waals surface area contributed by atoms with E-state index in [0.29, 0.717) is 35.4 Å². The van der Waals surface area contributed by atoms with Gasteiger partial charge in [-0.25, -0.2) is 9.37 Å². The Labute approximate surface area is 169 Å². The maximum Gasteiger partial charge on any atom is 0.226 e. The third-order valence-corrected chi connectivity index (χ3v) is 5.03. The molecule has 0 aliphatic heterocycles. The number of aryl methyl sites for hydroxylation is 2. The van der Waals surface area contributed by atoms with Crippen molar-refractivity contribution in [2.75, 3.05) is 10.6 Å². The summed E-state index contributed by atoms with van der Waals surface area (Å²) in [5.41, 5.74) is 2.41. The molecule has 148 valence electrons. The van der Waals surface area contributed by atoms with Gasteiger partial charge in [0.1, 0.15) is 11.6 Å². The zero-order valence-corrected chi connectivity index (χ0v) is 16.4. The molecule has 0 fully saturated rings. The van der Waals surface area contributed by atoms with Crippen molar-refractivity contribution >= 4 is 33.8 Å². The van der Waals surface area contributed by atoms with Crippen molar-refractivity contribution in [2.45, 2.75) is 26.3 Å². The molecule has 3 heterocycles. The van der Waals surface area contributed by atoms with Gasteiger partial charge >= 0.3 is 0 Å². The molecule has 0 bridgehead atoms. The summed E-state index contributed by atoms with van der Waals surface area (Å²) in [4.78, 5) is 16.4. The lowest BCUT2D eigenvalue weighted by atomic mass is 10.2. The third kappa shape index (κ3) is 4.72. The van der Waals surface area contributed by atoms with Crippen LogP contribution in [0.4, 0.5) is 15.3 Å². The zero-order chi connectivity index (χ0) is 20.2. The van der Waals surface area contributed by atoms with Gasteiger partial charge in [0.2, 0.25) is 5.91 Å². The molecule has 8 nitrogen and oxygen atoms in total. The van der Waals surface area contributed by atoms with E-state index in [1.807, 2.05) is 12.3 Å². The van der Waals surface area contributed by atoms with Crippen molar-refractivity contribution in [3.63, 3.8) is 0 Å². The first-order valence-corrected chi connectivity index (χ1v) is 9.86. The van der Waals surface area contributed by atoms with Crippen molar-refractivity contribution in [3.8, 4) is 0 Å². The molecule has 0 spiro atoms. The summed E-state index contributed by atoms with van der Waals surface area (Å²) in [6.45, 7) is 2.38. The van der Waals surface area contributed by atoms with Crippen molar-refractivity contribution in [2.24, 2.45) is 0 Å². The smallest absolute Gasteiger partial charge is 0.226 e. The molecule has 1 amide bonds. The number of amides is 1.